The van der Waals surface area contributed by atoms with E-state index in [4.69, 9.17) is 4.74 Å². The Kier molecular flexibility index (Phi) is 4.46. The van der Waals surface area contributed by atoms with Gasteiger partial charge in [-0.05, 0) is 26.7 Å². The molecule has 1 amide bonds. The summed E-state index contributed by atoms with van der Waals surface area (Å²) in [6.07, 6.45) is 2.12. The Bertz CT molecular complexity index is 308. The molecule has 16 heavy (non-hydrogen) atoms. The van der Waals surface area contributed by atoms with Crippen LogP contribution in [0, 0.1) is 0 Å². The zero-order chi connectivity index (χ0) is 12.1. The molecule has 1 N–H and O–H groups in total. The maximum atomic E-state index is 11.6. The van der Waals surface area contributed by atoms with Gasteiger partial charge in [0.25, 0.3) is 0 Å². The van der Waals surface area contributed by atoms with Crippen molar-refractivity contribution in [1.82, 2.24) is 5.32 Å². The molecule has 5 heteroatoms. The van der Waals surface area contributed by atoms with Crippen LogP contribution in [0.1, 0.15) is 33.6 Å². The van der Waals surface area contributed by atoms with Crippen molar-refractivity contribution in [3.8, 4) is 0 Å². The Morgan fingerprint density at radius 3 is 2.50 bits per heavy atom. The number of carbonyl (C=O) groups is 2. The number of aliphatic imine (C=N–C) groups is 1. The van der Waals surface area contributed by atoms with Crippen LogP contribution < -0.4 is 5.32 Å². The van der Waals surface area contributed by atoms with E-state index >= 15 is 0 Å². The summed E-state index contributed by atoms with van der Waals surface area (Å²) in [6.45, 7) is 5.15. The molecule has 1 saturated carbocycles. The maximum Gasteiger partial charge on any atom is 0.334 e. The van der Waals surface area contributed by atoms with Crippen LogP contribution in [0.2, 0.25) is 0 Å². The lowest BCUT2D eigenvalue weighted by Gasteiger charge is -2.16. The molecule has 1 unspecified atom stereocenters. The van der Waals surface area contributed by atoms with Crippen molar-refractivity contribution in [2.45, 2.75) is 45.7 Å². The van der Waals surface area contributed by atoms with E-state index in [1.807, 2.05) is 0 Å². The van der Waals surface area contributed by atoms with E-state index in [9.17, 15) is 9.59 Å². The number of hydrogen-bond acceptors (Lipinski definition) is 4. The third-order valence-electron chi connectivity index (χ3n) is 2.22. The predicted octanol–water partition coefficient (Wildman–Crippen LogP) is 0.677. The quantitative estimate of drug-likeness (QED) is 0.553. The van der Waals surface area contributed by atoms with E-state index in [2.05, 4.69) is 10.3 Å². The summed E-state index contributed by atoms with van der Waals surface area (Å²) < 4.78 is 4.89. The molecule has 1 atom stereocenters. The van der Waals surface area contributed by atoms with E-state index < -0.39 is 12.0 Å². The van der Waals surface area contributed by atoms with Crippen molar-refractivity contribution in [2.75, 3.05) is 6.61 Å². The van der Waals surface area contributed by atoms with Crippen LogP contribution in [-0.2, 0) is 14.3 Å². The minimum atomic E-state index is -0.738. The number of nitrogens with one attached hydrogen (secondary N) is 1. The SMILES string of the molecule is CCOC(=O)C(NC(C)=O)C(C)=NC1CC1. The third-order valence-corrected chi connectivity index (χ3v) is 2.22. The van der Waals surface area contributed by atoms with Gasteiger partial charge in [0.05, 0.1) is 12.6 Å². The molecule has 0 aromatic rings. The fourth-order valence-corrected chi connectivity index (χ4v) is 1.33. The summed E-state index contributed by atoms with van der Waals surface area (Å²) in [7, 11) is 0. The van der Waals surface area contributed by atoms with E-state index in [-0.39, 0.29) is 5.91 Å². The molecular weight excluding hydrogens is 208 g/mol. The topological polar surface area (TPSA) is 67.8 Å². The van der Waals surface area contributed by atoms with Gasteiger partial charge in [0, 0.05) is 12.6 Å². The summed E-state index contributed by atoms with van der Waals surface area (Å²) in [5, 5.41) is 2.55. The summed E-state index contributed by atoms with van der Waals surface area (Å²) >= 11 is 0. The molecule has 0 aromatic carbocycles. The van der Waals surface area contributed by atoms with Crippen molar-refractivity contribution < 1.29 is 14.3 Å². The number of esters is 1. The largest absolute Gasteiger partial charge is 0.464 e. The molecule has 1 aliphatic carbocycles. The second kappa shape index (κ2) is 5.63. The fourth-order valence-electron chi connectivity index (χ4n) is 1.33. The number of amides is 1. The van der Waals surface area contributed by atoms with Gasteiger partial charge in [-0.3, -0.25) is 9.79 Å². The van der Waals surface area contributed by atoms with E-state index in [1.165, 1.54) is 6.92 Å². The Morgan fingerprint density at radius 1 is 1.44 bits per heavy atom. The van der Waals surface area contributed by atoms with Crippen molar-refractivity contribution in [3.63, 3.8) is 0 Å². The highest BCUT2D eigenvalue weighted by atomic mass is 16.5. The Hall–Kier alpha value is -1.39. The van der Waals surface area contributed by atoms with Crippen molar-refractivity contribution in [1.29, 1.82) is 0 Å². The molecule has 1 rings (SSSR count). The van der Waals surface area contributed by atoms with Crippen LogP contribution in [0.3, 0.4) is 0 Å². The molecule has 0 saturated heterocycles. The van der Waals surface area contributed by atoms with Crippen LogP contribution in [0.4, 0.5) is 0 Å². The molecule has 0 heterocycles. The van der Waals surface area contributed by atoms with Gasteiger partial charge in [0.1, 0.15) is 0 Å². The van der Waals surface area contributed by atoms with Crippen LogP contribution in [-0.4, -0.2) is 36.3 Å². The minimum Gasteiger partial charge on any atom is -0.464 e. The lowest BCUT2D eigenvalue weighted by molar-refractivity contribution is -0.145. The summed E-state index contributed by atoms with van der Waals surface area (Å²) in [5.41, 5.74) is 0.621. The van der Waals surface area contributed by atoms with Gasteiger partial charge in [-0.1, -0.05) is 0 Å². The fraction of sp³-hybridized carbons (Fsp3) is 0.727. The van der Waals surface area contributed by atoms with Gasteiger partial charge in [0.15, 0.2) is 6.04 Å². The highest BCUT2D eigenvalue weighted by molar-refractivity contribution is 6.07. The third kappa shape index (κ3) is 4.00. The van der Waals surface area contributed by atoms with Gasteiger partial charge >= 0.3 is 5.97 Å². The highest BCUT2D eigenvalue weighted by Gasteiger charge is 2.27. The number of nitrogens with zero attached hydrogens (tertiary/aromatic N) is 1. The van der Waals surface area contributed by atoms with Crippen LogP contribution in [0.15, 0.2) is 4.99 Å². The molecule has 0 aliphatic heterocycles. The van der Waals surface area contributed by atoms with E-state index in [1.54, 1.807) is 13.8 Å². The summed E-state index contributed by atoms with van der Waals surface area (Å²) in [4.78, 5) is 26.9. The van der Waals surface area contributed by atoms with Crippen LogP contribution in [0.25, 0.3) is 0 Å². The zero-order valence-corrected chi connectivity index (χ0v) is 9.95. The van der Waals surface area contributed by atoms with Gasteiger partial charge in [-0.25, -0.2) is 4.79 Å². The van der Waals surface area contributed by atoms with Crippen LogP contribution >= 0.6 is 0 Å². The van der Waals surface area contributed by atoms with E-state index in [0.717, 1.165) is 12.8 Å². The molecule has 0 spiro atoms. The normalized spacial score (nSPS) is 17.8. The predicted molar refractivity (Wildman–Crippen MR) is 60.4 cm³/mol. The highest BCUT2D eigenvalue weighted by Crippen LogP contribution is 2.23. The Morgan fingerprint density at radius 2 is 2.06 bits per heavy atom. The molecule has 5 nitrogen and oxygen atoms in total. The maximum absolute atomic E-state index is 11.6. The molecule has 0 aromatic heterocycles. The van der Waals surface area contributed by atoms with Crippen molar-refractivity contribution >= 4 is 17.6 Å². The first kappa shape index (κ1) is 12.7. The van der Waals surface area contributed by atoms with Crippen molar-refractivity contribution in [2.24, 2.45) is 4.99 Å². The lowest BCUT2D eigenvalue weighted by atomic mass is 10.2. The van der Waals surface area contributed by atoms with Gasteiger partial charge < -0.3 is 10.1 Å². The summed E-state index contributed by atoms with van der Waals surface area (Å²) in [6, 6.07) is -0.413. The molecular formula is C11H18N2O3. The van der Waals surface area contributed by atoms with Gasteiger partial charge in [-0.2, -0.15) is 0 Å². The van der Waals surface area contributed by atoms with Gasteiger partial charge in [0.2, 0.25) is 5.91 Å². The first-order valence-corrected chi connectivity index (χ1v) is 5.52. The standard InChI is InChI=1S/C11H18N2O3/c1-4-16-11(15)10(13-8(3)14)7(2)12-9-5-6-9/h9-10H,4-6H2,1-3H3,(H,13,14). The molecule has 0 bridgehead atoms. The second-order valence-electron chi connectivity index (χ2n) is 3.89. The first-order chi connectivity index (χ1) is 7.54. The Labute approximate surface area is 95.3 Å². The number of rotatable bonds is 5. The number of carbonyl (C=O) groups excluding carboxylic acids is 2. The smallest absolute Gasteiger partial charge is 0.334 e. The van der Waals surface area contributed by atoms with E-state index in [0.29, 0.717) is 18.4 Å². The van der Waals surface area contributed by atoms with Crippen LogP contribution in [0.5, 0.6) is 0 Å². The lowest BCUT2D eigenvalue weighted by Crippen LogP contribution is -2.45. The second-order valence-corrected chi connectivity index (χ2v) is 3.89. The molecule has 0 radical (unpaired) electrons. The monoisotopic (exact) mass is 226 g/mol. The average Bonchev–Trinajstić information content (AvgIpc) is 2.97. The number of hydrogen-bond donors (Lipinski definition) is 1. The van der Waals surface area contributed by atoms with Gasteiger partial charge in [-0.15, -0.1) is 0 Å². The number of ether oxygens (including phenoxy) is 1. The minimum absolute atomic E-state index is 0.261. The first-order valence-electron chi connectivity index (χ1n) is 5.52. The summed E-state index contributed by atoms with van der Waals surface area (Å²) in [5.74, 6) is -0.706. The van der Waals surface area contributed by atoms with Crippen molar-refractivity contribution in [3.05, 3.63) is 0 Å². The average molecular weight is 226 g/mol. The zero-order valence-electron chi connectivity index (χ0n) is 9.95. The molecule has 1 fully saturated rings. The Balaban J connectivity index is 2.68. The molecule has 90 valence electrons. The molecule has 1 aliphatic rings.